The molecule has 0 N–H and O–H groups in total. The Balaban J connectivity index is 1.18. The van der Waals surface area contributed by atoms with E-state index in [0.717, 1.165) is 6.42 Å². The normalized spacial score (nSPS) is 22.8. The van der Waals surface area contributed by atoms with E-state index in [1.54, 1.807) is 66.0 Å². The second kappa shape index (κ2) is 9.75. The van der Waals surface area contributed by atoms with Crippen LogP contribution in [0.1, 0.15) is 33.4 Å². The summed E-state index contributed by atoms with van der Waals surface area (Å²) < 4.78 is 5.39. The van der Waals surface area contributed by atoms with E-state index in [9.17, 15) is 19.2 Å². The van der Waals surface area contributed by atoms with Crippen LogP contribution in [0.2, 0.25) is 5.02 Å². The summed E-state index contributed by atoms with van der Waals surface area (Å²) in [6.07, 6.45) is 3.04. The minimum absolute atomic E-state index is 0.129. The first-order chi connectivity index (χ1) is 19.8. The quantitative estimate of drug-likeness (QED) is 0.114. The van der Waals surface area contributed by atoms with Crippen LogP contribution in [0.3, 0.4) is 0 Å². The first-order valence-electron chi connectivity index (χ1n) is 13.3. The number of ether oxygens (including phenoxy) is 1. The molecule has 4 unspecified atom stereocenters. The number of pyridine rings is 1. The van der Waals surface area contributed by atoms with Crippen molar-refractivity contribution in [3.8, 4) is 11.3 Å². The molecule has 0 radical (unpaired) electrons. The van der Waals surface area contributed by atoms with Gasteiger partial charge >= 0.3 is 5.97 Å². The van der Waals surface area contributed by atoms with E-state index < -0.39 is 5.97 Å². The molecule has 1 saturated heterocycles. The van der Waals surface area contributed by atoms with Gasteiger partial charge in [-0.3, -0.25) is 19.3 Å². The van der Waals surface area contributed by atoms with Crippen molar-refractivity contribution >= 4 is 63.1 Å². The number of Topliss-reactive ketones (excluding diaryl/α,β-unsaturated/α-hetero) is 1. The van der Waals surface area contributed by atoms with Crippen molar-refractivity contribution in [2.45, 2.75) is 13.3 Å². The number of imide groups is 1. The molecule has 1 saturated carbocycles. The highest BCUT2D eigenvalue weighted by Crippen LogP contribution is 2.56. The van der Waals surface area contributed by atoms with Crippen LogP contribution in [0.4, 0.5) is 5.69 Å². The smallest absolute Gasteiger partial charge is 0.339 e. The van der Waals surface area contributed by atoms with E-state index in [4.69, 9.17) is 21.3 Å². The Morgan fingerprint density at radius 3 is 2.59 bits per heavy atom. The van der Waals surface area contributed by atoms with E-state index in [0.29, 0.717) is 37.7 Å². The maximum atomic E-state index is 13.3. The molecule has 9 heteroatoms. The average Bonchev–Trinajstić information content (AvgIpc) is 3.76. The zero-order chi connectivity index (χ0) is 28.4. The van der Waals surface area contributed by atoms with Gasteiger partial charge in [-0.15, -0.1) is 11.3 Å². The molecule has 2 bridgehead atoms. The Kier molecular flexibility index (Phi) is 6.14. The topological polar surface area (TPSA) is 93.6 Å². The summed E-state index contributed by atoms with van der Waals surface area (Å²) in [6.45, 7) is 1.66. The molecule has 1 aliphatic heterocycles. The van der Waals surface area contributed by atoms with E-state index in [2.05, 4.69) is 6.08 Å². The monoisotopic (exact) mass is 582 g/mol. The lowest BCUT2D eigenvalue weighted by molar-refractivity contribution is -0.123. The largest absolute Gasteiger partial charge is 0.454 e. The van der Waals surface area contributed by atoms with Gasteiger partial charge in [-0.2, -0.15) is 0 Å². The molecule has 2 aliphatic carbocycles. The fourth-order valence-electron chi connectivity index (χ4n) is 6.54. The van der Waals surface area contributed by atoms with Crippen LogP contribution in [0.25, 0.3) is 22.2 Å². The molecule has 3 heterocycles. The van der Waals surface area contributed by atoms with Crippen LogP contribution >= 0.6 is 22.9 Å². The number of carbonyl (C=O) groups excluding carboxylic acids is 4. The Morgan fingerprint density at radius 2 is 1.83 bits per heavy atom. The maximum absolute atomic E-state index is 13.3. The summed E-state index contributed by atoms with van der Waals surface area (Å²) in [7, 11) is 0. The van der Waals surface area contributed by atoms with E-state index in [-0.39, 0.29) is 53.4 Å². The lowest BCUT2D eigenvalue weighted by Crippen LogP contribution is -2.32. The second-order valence-electron chi connectivity index (χ2n) is 10.7. The van der Waals surface area contributed by atoms with Crippen molar-refractivity contribution in [3.05, 3.63) is 93.2 Å². The lowest BCUT2D eigenvalue weighted by Gasteiger charge is -2.19. The van der Waals surface area contributed by atoms with Gasteiger partial charge in [0.2, 0.25) is 17.6 Å². The molecule has 2 fully saturated rings. The summed E-state index contributed by atoms with van der Waals surface area (Å²) in [6, 6.07) is 17.1. The van der Waals surface area contributed by atoms with E-state index in [1.807, 2.05) is 6.92 Å². The average molecular weight is 583 g/mol. The number of allylic oxidation sites excluding steroid dienone is 2. The first-order valence-corrected chi connectivity index (χ1v) is 14.6. The molecule has 7 rings (SSSR count). The molecule has 2 amide bonds. The minimum Gasteiger partial charge on any atom is -0.454 e. The van der Waals surface area contributed by atoms with Crippen LogP contribution in [-0.4, -0.2) is 35.2 Å². The molecule has 0 spiro atoms. The van der Waals surface area contributed by atoms with Crippen molar-refractivity contribution in [1.82, 2.24) is 4.98 Å². The van der Waals surface area contributed by atoms with E-state index >= 15 is 0 Å². The fourth-order valence-corrected chi connectivity index (χ4v) is 7.37. The molecular formula is C32H23ClN2O5S. The summed E-state index contributed by atoms with van der Waals surface area (Å²) in [5, 5.41) is 2.72. The number of nitrogens with zero attached hydrogens (tertiary/aromatic N) is 2. The molecular weight excluding hydrogens is 560 g/mol. The van der Waals surface area contributed by atoms with Gasteiger partial charge in [0.05, 0.1) is 39.2 Å². The number of hydrogen-bond donors (Lipinski definition) is 0. The maximum Gasteiger partial charge on any atom is 0.339 e. The highest BCUT2D eigenvalue weighted by molar-refractivity contribution is 7.12. The molecule has 2 aromatic heterocycles. The summed E-state index contributed by atoms with van der Waals surface area (Å²) >= 11 is 7.50. The Hall–Kier alpha value is -4.14. The molecule has 4 atom stereocenters. The number of amides is 2. The Bertz CT molecular complexity index is 1800. The predicted molar refractivity (Wildman–Crippen MR) is 156 cm³/mol. The third-order valence-corrected chi connectivity index (χ3v) is 9.57. The molecule has 3 aliphatic rings. The van der Waals surface area contributed by atoms with Gasteiger partial charge in [0.15, 0.2) is 6.61 Å². The van der Waals surface area contributed by atoms with Gasteiger partial charge < -0.3 is 4.74 Å². The third kappa shape index (κ3) is 4.21. The molecule has 41 heavy (non-hydrogen) atoms. The number of aromatic nitrogens is 1. The Labute approximate surface area is 244 Å². The Morgan fingerprint density at radius 1 is 1.05 bits per heavy atom. The van der Waals surface area contributed by atoms with Gasteiger partial charge in [-0.05, 0) is 73.0 Å². The van der Waals surface area contributed by atoms with E-state index in [1.165, 1.54) is 21.8 Å². The number of benzene rings is 2. The first kappa shape index (κ1) is 25.8. The van der Waals surface area contributed by atoms with Gasteiger partial charge in [0.1, 0.15) is 0 Å². The number of esters is 1. The zero-order valence-electron chi connectivity index (χ0n) is 21.9. The number of thiophene rings is 1. The number of hydrogen-bond acceptors (Lipinski definition) is 7. The second-order valence-corrected chi connectivity index (χ2v) is 12.1. The SMILES string of the molecule is CC1=CC2CC1C1C(=O)N(c3ccc(-c4cc(C(=O)OCC(=O)c5cccs5)c5cc(Cl)ccc5n4)cc3)C(=O)C21. The lowest BCUT2D eigenvalue weighted by atomic mass is 9.82. The standard InChI is InChI=1S/C32H23ClN2O5S/c1-16-11-18-12-21(16)29-28(18)30(37)35(31(29)38)20-7-4-17(5-8-20)25-14-23(22-13-19(33)6-9-24(22)34-25)32(39)40-15-26(36)27-3-2-10-41-27/h2-11,13-14,18,21,28-29H,12,15H2,1H3. The van der Waals surface area contributed by atoms with Crippen molar-refractivity contribution < 1.29 is 23.9 Å². The summed E-state index contributed by atoms with van der Waals surface area (Å²) in [5.41, 5.74) is 3.68. The van der Waals surface area contributed by atoms with Crippen LogP contribution in [0.15, 0.2) is 77.7 Å². The number of fused-ring (bicyclic) bond motifs is 6. The highest BCUT2D eigenvalue weighted by Gasteiger charge is 2.60. The van der Waals surface area contributed by atoms with Crippen LogP contribution in [-0.2, 0) is 14.3 Å². The highest BCUT2D eigenvalue weighted by atomic mass is 35.5. The number of anilines is 1. The van der Waals surface area contributed by atoms with Crippen molar-refractivity contribution in [3.63, 3.8) is 0 Å². The number of rotatable bonds is 6. The van der Waals surface area contributed by atoms with Crippen molar-refractivity contribution in [1.29, 1.82) is 0 Å². The van der Waals surface area contributed by atoms with Crippen LogP contribution in [0.5, 0.6) is 0 Å². The third-order valence-electron chi connectivity index (χ3n) is 8.42. The predicted octanol–water partition coefficient (Wildman–Crippen LogP) is 6.36. The van der Waals surface area contributed by atoms with Gasteiger partial charge in [0, 0.05) is 16.0 Å². The number of ketones is 1. The zero-order valence-corrected chi connectivity index (χ0v) is 23.4. The molecule has 204 valence electrons. The minimum atomic E-state index is -0.666. The van der Waals surface area contributed by atoms with Crippen LogP contribution in [0, 0.1) is 23.7 Å². The number of carbonyl (C=O) groups is 4. The van der Waals surface area contributed by atoms with Gasteiger partial charge in [0.25, 0.3) is 0 Å². The fraction of sp³-hybridized carbons (Fsp3) is 0.219. The summed E-state index contributed by atoms with van der Waals surface area (Å²) in [4.78, 5) is 58.8. The molecule has 4 aromatic rings. The van der Waals surface area contributed by atoms with Crippen LogP contribution < -0.4 is 4.90 Å². The van der Waals surface area contributed by atoms with Crippen molar-refractivity contribution in [2.75, 3.05) is 11.5 Å². The molecule has 2 aromatic carbocycles. The molecule has 7 nitrogen and oxygen atoms in total. The van der Waals surface area contributed by atoms with Gasteiger partial charge in [-0.25, -0.2) is 9.78 Å². The van der Waals surface area contributed by atoms with Gasteiger partial charge in [-0.1, -0.05) is 41.4 Å². The van der Waals surface area contributed by atoms with Crippen molar-refractivity contribution in [2.24, 2.45) is 23.7 Å². The summed E-state index contributed by atoms with van der Waals surface area (Å²) in [5.74, 6) is -1.46. The number of halogens is 1.